The highest BCUT2D eigenvalue weighted by Gasteiger charge is 2.13. The molecular weight excluding hydrogens is 298 g/mol. The number of amides is 3. The number of imide groups is 1. The van der Waals surface area contributed by atoms with Gasteiger partial charge in [-0.2, -0.15) is 0 Å². The van der Waals surface area contributed by atoms with Crippen LogP contribution in [-0.4, -0.2) is 30.6 Å². The van der Waals surface area contributed by atoms with Crippen LogP contribution in [0.15, 0.2) is 18.2 Å². The lowest BCUT2D eigenvalue weighted by molar-refractivity contribution is -0.123. The maximum Gasteiger partial charge on any atom is 0.338 e. The van der Waals surface area contributed by atoms with Gasteiger partial charge in [-0.25, -0.2) is 9.59 Å². The van der Waals surface area contributed by atoms with Crippen molar-refractivity contribution in [3.8, 4) is 0 Å². The fourth-order valence-electron chi connectivity index (χ4n) is 1.35. The zero-order valence-corrected chi connectivity index (χ0v) is 12.4. The Morgan fingerprint density at radius 1 is 1.33 bits per heavy atom. The van der Waals surface area contributed by atoms with Crippen molar-refractivity contribution in [3.05, 3.63) is 28.8 Å². The smallest absolute Gasteiger partial charge is 0.338 e. The van der Waals surface area contributed by atoms with Crippen molar-refractivity contribution >= 4 is 35.2 Å². The average Bonchev–Trinajstić information content (AvgIpc) is 2.38. The van der Waals surface area contributed by atoms with E-state index in [4.69, 9.17) is 22.1 Å². The number of anilines is 1. The first-order valence-corrected chi connectivity index (χ1v) is 6.50. The molecule has 114 valence electrons. The van der Waals surface area contributed by atoms with Crippen LogP contribution >= 0.6 is 11.6 Å². The summed E-state index contributed by atoms with van der Waals surface area (Å²) >= 11 is 5.73. The minimum absolute atomic E-state index is 0.114. The predicted molar refractivity (Wildman–Crippen MR) is 78.0 cm³/mol. The summed E-state index contributed by atoms with van der Waals surface area (Å²) in [4.78, 5) is 34.3. The number of hydrogen-bond donors (Lipinski definition) is 3. The third-order valence-corrected chi connectivity index (χ3v) is 2.58. The number of esters is 1. The van der Waals surface area contributed by atoms with Gasteiger partial charge in [0, 0.05) is 6.04 Å². The fraction of sp³-hybridized carbons (Fsp3) is 0.308. The van der Waals surface area contributed by atoms with Gasteiger partial charge in [-0.3, -0.25) is 10.1 Å². The number of carbonyl (C=O) groups is 3. The Hall–Kier alpha value is -2.28. The van der Waals surface area contributed by atoms with Crippen molar-refractivity contribution in [2.75, 3.05) is 12.3 Å². The topological polar surface area (TPSA) is 111 Å². The molecule has 7 nitrogen and oxygen atoms in total. The second-order valence-corrected chi connectivity index (χ2v) is 4.90. The summed E-state index contributed by atoms with van der Waals surface area (Å²) in [6.07, 6.45) is 0. The summed E-state index contributed by atoms with van der Waals surface area (Å²) < 4.78 is 4.76. The first-order chi connectivity index (χ1) is 9.79. The summed E-state index contributed by atoms with van der Waals surface area (Å²) in [6, 6.07) is 3.45. The molecule has 3 amide bonds. The van der Waals surface area contributed by atoms with Crippen LogP contribution in [0.5, 0.6) is 0 Å². The van der Waals surface area contributed by atoms with Crippen molar-refractivity contribution in [1.82, 2.24) is 10.6 Å². The quantitative estimate of drug-likeness (QED) is 0.573. The summed E-state index contributed by atoms with van der Waals surface area (Å²) in [5, 5.41) is 4.81. The Morgan fingerprint density at radius 3 is 2.57 bits per heavy atom. The largest absolute Gasteiger partial charge is 0.452 e. The Kier molecular flexibility index (Phi) is 5.98. The van der Waals surface area contributed by atoms with E-state index < -0.39 is 24.5 Å². The Morgan fingerprint density at radius 2 is 2.00 bits per heavy atom. The van der Waals surface area contributed by atoms with Gasteiger partial charge >= 0.3 is 12.0 Å². The van der Waals surface area contributed by atoms with Gasteiger partial charge < -0.3 is 15.8 Å². The standard InChI is InChI=1S/C13H16ClN3O4/c1-7(2)16-13(20)17-11(18)6-21-12(19)8-3-4-9(14)10(15)5-8/h3-5,7H,6,15H2,1-2H3,(H2,16,17,18,20). The molecule has 0 radical (unpaired) electrons. The van der Waals surface area contributed by atoms with Crippen molar-refractivity contribution in [2.45, 2.75) is 19.9 Å². The van der Waals surface area contributed by atoms with Crippen LogP contribution in [0.4, 0.5) is 10.5 Å². The van der Waals surface area contributed by atoms with E-state index >= 15 is 0 Å². The van der Waals surface area contributed by atoms with E-state index in [1.54, 1.807) is 13.8 Å². The van der Waals surface area contributed by atoms with Crippen LogP contribution in [0.2, 0.25) is 5.02 Å². The monoisotopic (exact) mass is 313 g/mol. The molecule has 8 heteroatoms. The molecule has 0 spiro atoms. The van der Waals surface area contributed by atoms with Gasteiger partial charge in [0.25, 0.3) is 5.91 Å². The van der Waals surface area contributed by atoms with Crippen LogP contribution in [0.3, 0.4) is 0 Å². The molecule has 0 unspecified atom stereocenters. The van der Waals surface area contributed by atoms with Crippen LogP contribution in [0.25, 0.3) is 0 Å². The van der Waals surface area contributed by atoms with E-state index in [1.807, 2.05) is 5.32 Å². The van der Waals surface area contributed by atoms with E-state index in [1.165, 1.54) is 18.2 Å². The van der Waals surface area contributed by atoms with Gasteiger partial charge in [0.1, 0.15) is 0 Å². The van der Waals surface area contributed by atoms with Gasteiger partial charge in [-0.15, -0.1) is 0 Å². The number of ether oxygens (including phenoxy) is 1. The molecule has 0 fully saturated rings. The predicted octanol–water partition coefficient (Wildman–Crippen LogP) is 1.31. The van der Waals surface area contributed by atoms with Crippen LogP contribution in [0.1, 0.15) is 24.2 Å². The first kappa shape index (κ1) is 16.8. The fourth-order valence-corrected chi connectivity index (χ4v) is 1.46. The summed E-state index contributed by atoms with van der Waals surface area (Å²) in [5.41, 5.74) is 5.95. The molecular formula is C13H16ClN3O4. The molecule has 0 aliphatic rings. The van der Waals surface area contributed by atoms with Crippen molar-refractivity contribution < 1.29 is 19.1 Å². The van der Waals surface area contributed by atoms with Crippen molar-refractivity contribution in [1.29, 1.82) is 0 Å². The Bertz CT molecular complexity index is 560. The van der Waals surface area contributed by atoms with Crippen LogP contribution in [0, 0.1) is 0 Å². The first-order valence-electron chi connectivity index (χ1n) is 6.12. The number of benzene rings is 1. The molecule has 1 aromatic rings. The number of hydrogen-bond acceptors (Lipinski definition) is 5. The van der Waals surface area contributed by atoms with Gasteiger partial charge in [-0.1, -0.05) is 11.6 Å². The number of urea groups is 1. The summed E-state index contributed by atoms with van der Waals surface area (Å²) in [7, 11) is 0. The highest BCUT2D eigenvalue weighted by atomic mass is 35.5. The van der Waals surface area contributed by atoms with Crippen molar-refractivity contribution in [3.63, 3.8) is 0 Å². The van der Waals surface area contributed by atoms with Gasteiger partial charge in [0.05, 0.1) is 16.3 Å². The molecule has 0 aromatic heterocycles. The number of halogens is 1. The van der Waals surface area contributed by atoms with E-state index in [9.17, 15) is 14.4 Å². The SMILES string of the molecule is CC(C)NC(=O)NC(=O)COC(=O)c1ccc(Cl)c(N)c1. The third kappa shape index (κ3) is 5.70. The van der Waals surface area contributed by atoms with Gasteiger partial charge in [-0.05, 0) is 32.0 Å². The number of nitrogens with one attached hydrogen (secondary N) is 2. The molecule has 0 aliphatic carbocycles. The minimum atomic E-state index is -0.738. The van der Waals surface area contributed by atoms with Crippen LogP contribution < -0.4 is 16.4 Å². The minimum Gasteiger partial charge on any atom is -0.452 e. The lowest BCUT2D eigenvalue weighted by atomic mass is 10.2. The molecule has 0 saturated carbocycles. The zero-order valence-electron chi connectivity index (χ0n) is 11.6. The maximum absolute atomic E-state index is 11.7. The van der Waals surface area contributed by atoms with E-state index in [2.05, 4.69) is 5.32 Å². The Labute approximate surface area is 126 Å². The highest BCUT2D eigenvalue weighted by molar-refractivity contribution is 6.33. The lowest BCUT2D eigenvalue weighted by Crippen LogP contribution is -2.44. The highest BCUT2D eigenvalue weighted by Crippen LogP contribution is 2.19. The number of nitrogen functional groups attached to an aromatic ring is 1. The number of rotatable bonds is 4. The molecule has 0 atom stereocenters. The second kappa shape index (κ2) is 7.49. The lowest BCUT2D eigenvalue weighted by Gasteiger charge is -2.09. The Balaban J connectivity index is 2.47. The molecule has 4 N–H and O–H groups in total. The number of carbonyl (C=O) groups excluding carboxylic acids is 3. The molecule has 1 aromatic carbocycles. The van der Waals surface area contributed by atoms with Gasteiger partial charge in [0.2, 0.25) is 0 Å². The summed E-state index contributed by atoms with van der Waals surface area (Å²) in [5.74, 6) is -1.47. The molecule has 0 saturated heterocycles. The third-order valence-electron chi connectivity index (χ3n) is 2.24. The van der Waals surface area contributed by atoms with E-state index in [0.717, 1.165) is 0 Å². The molecule has 21 heavy (non-hydrogen) atoms. The van der Waals surface area contributed by atoms with E-state index in [-0.39, 0.29) is 17.3 Å². The van der Waals surface area contributed by atoms with Crippen LogP contribution in [-0.2, 0) is 9.53 Å². The zero-order chi connectivity index (χ0) is 16.0. The summed E-state index contributed by atoms with van der Waals surface area (Å²) in [6.45, 7) is 2.91. The molecule has 0 heterocycles. The normalized spacial score (nSPS) is 10.1. The van der Waals surface area contributed by atoms with Crippen molar-refractivity contribution in [2.24, 2.45) is 0 Å². The van der Waals surface area contributed by atoms with E-state index in [0.29, 0.717) is 5.02 Å². The molecule has 0 bridgehead atoms. The second-order valence-electron chi connectivity index (χ2n) is 4.49. The molecule has 1 rings (SSSR count). The van der Waals surface area contributed by atoms with Gasteiger partial charge in [0.15, 0.2) is 6.61 Å². The maximum atomic E-state index is 11.7. The molecule has 0 aliphatic heterocycles. The average molecular weight is 314 g/mol. The number of nitrogens with two attached hydrogens (primary N) is 1.